The van der Waals surface area contributed by atoms with Crippen LogP contribution in [0.3, 0.4) is 0 Å². The van der Waals surface area contributed by atoms with E-state index in [4.69, 9.17) is 3.79 Å². The monoisotopic (exact) mass is 136 g/mol. The summed E-state index contributed by atoms with van der Waals surface area (Å²) in [6.07, 6.45) is 0. The van der Waals surface area contributed by atoms with Crippen LogP contribution < -0.4 is 3.79 Å². The fourth-order valence-electron chi connectivity index (χ4n) is 0.555. The molecule has 1 rings (SSSR count). The van der Waals surface area contributed by atoms with Crippen molar-refractivity contribution in [1.82, 2.24) is 0 Å². The zero-order valence-corrected chi connectivity index (χ0v) is 5.94. The molecule has 0 fully saturated rings. The van der Waals surface area contributed by atoms with Crippen LogP contribution in [-0.2, 0) is 3.80 Å². The Hall–Kier alpha value is -0.648. The predicted molar refractivity (Wildman–Crippen MR) is 33.5 cm³/mol. The molecule has 1 aromatic carbocycles. The van der Waals surface area contributed by atoms with E-state index in [-0.39, 0.29) is 0 Å². The van der Waals surface area contributed by atoms with Gasteiger partial charge in [-0.05, 0) is 0 Å². The van der Waals surface area contributed by atoms with Crippen LogP contribution in [0.2, 0.25) is 0 Å². The number of hydrogen-bond donors (Lipinski definition) is 0. The van der Waals surface area contributed by atoms with Gasteiger partial charge < -0.3 is 0 Å². The summed E-state index contributed by atoms with van der Waals surface area (Å²) in [4.78, 5) is 0. The molecular weight excluding hydrogens is 131 g/mol. The molecule has 0 atom stereocenters. The van der Waals surface area contributed by atoms with Gasteiger partial charge in [0.05, 0.1) is 0 Å². The molecule has 0 saturated carbocycles. The van der Waals surface area contributed by atoms with Crippen LogP contribution >= 0.6 is 0 Å². The number of rotatable bonds is 2. The van der Waals surface area contributed by atoms with E-state index in [0.29, 0.717) is 5.75 Å². The Balaban J connectivity index is 2.72. The van der Waals surface area contributed by atoms with Crippen LogP contribution in [-0.4, -0.2) is 15.5 Å². The third-order valence-corrected chi connectivity index (χ3v) is 1.30. The van der Waals surface area contributed by atoms with Crippen molar-refractivity contribution in [3.63, 3.8) is 0 Å². The minimum atomic E-state index is -1.12. The standard InChI is InChI=1S/C6H6O.Al.O/c7-6-4-2-1-3-5-6;;/h1-5,7H;;/q;+1;/p-1. The molecule has 0 aromatic heterocycles. The summed E-state index contributed by atoms with van der Waals surface area (Å²) in [5.74, 6) is 0.669. The van der Waals surface area contributed by atoms with Gasteiger partial charge in [-0.1, -0.05) is 0 Å². The van der Waals surface area contributed by atoms with Gasteiger partial charge in [0.1, 0.15) is 0 Å². The van der Waals surface area contributed by atoms with Crippen molar-refractivity contribution >= 4 is 15.5 Å². The van der Waals surface area contributed by atoms with E-state index >= 15 is 0 Å². The topological polar surface area (TPSA) is 26.3 Å². The Morgan fingerprint density at radius 1 is 1.22 bits per heavy atom. The number of benzene rings is 1. The summed E-state index contributed by atoms with van der Waals surface area (Å²) < 4.78 is 14.7. The molecule has 44 valence electrons. The van der Waals surface area contributed by atoms with Crippen LogP contribution in [0.4, 0.5) is 0 Å². The Bertz CT molecular complexity index is 186. The van der Waals surface area contributed by atoms with E-state index in [9.17, 15) is 3.80 Å². The second-order valence-corrected chi connectivity index (χ2v) is 1.96. The van der Waals surface area contributed by atoms with Crippen molar-refractivity contribution in [2.75, 3.05) is 0 Å². The van der Waals surface area contributed by atoms with Crippen LogP contribution in [0.25, 0.3) is 0 Å². The quantitative estimate of drug-likeness (QED) is 0.567. The van der Waals surface area contributed by atoms with Crippen molar-refractivity contribution in [3.05, 3.63) is 30.3 Å². The Kier molecular flexibility index (Phi) is 2.44. The fourth-order valence-corrected chi connectivity index (χ4v) is 0.823. The van der Waals surface area contributed by atoms with Gasteiger partial charge in [0.15, 0.2) is 0 Å². The molecule has 0 amide bonds. The van der Waals surface area contributed by atoms with Gasteiger partial charge >= 0.3 is 59.2 Å². The first-order valence-electron chi connectivity index (χ1n) is 2.59. The summed E-state index contributed by atoms with van der Waals surface area (Å²) >= 11 is -1.12. The molecule has 0 heterocycles. The van der Waals surface area contributed by atoms with E-state index in [1.165, 1.54) is 0 Å². The minimum absolute atomic E-state index is 0.669. The molecule has 1 aromatic rings. The molecule has 0 unspecified atom stereocenters. The molecule has 3 heteroatoms. The molecule has 9 heavy (non-hydrogen) atoms. The van der Waals surface area contributed by atoms with Crippen molar-refractivity contribution in [3.8, 4) is 5.75 Å². The van der Waals surface area contributed by atoms with Gasteiger partial charge in [-0.15, -0.1) is 0 Å². The summed E-state index contributed by atoms with van der Waals surface area (Å²) in [5, 5.41) is 0. The van der Waals surface area contributed by atoms with E-state index in [1.54, 1.807) is 12.1 Å². The summed E-state index contributed by atoms with van der Waals surface area (Å²) in [6.45, 7) is 0. The van der Waals surface area contributed by atoms with Gasteiger partial charge in [-0.25, -0.2) is 0 Å². The van der Waals surface area contributed by atoms with Crippen molar-refractivity contribution < 1.29 is 7.59 Å². The first kappa shape index (κ1) is 6.47. The zero-order chi connectivity index (χ0) is 6.53. The molecule has 0 radical (unpaired) electrons. The average Bonchev–Trinajstić information content (AvgIpc) is 1.91. The van der Waals surface area contributed by atoms with Crippen molar-refractivity contribution in [1.29, 1.82) is 0 Å². The first-order chi connectivity index (χ1) is 4.43. The second-order valence-electron chi connectivity index (χ2n) is 1.53. The molecular formula is C6H5AlO2. The Morgan fingerprint density at radius 3 is 2.44 bits per heavy atom. The molecule has 0 aliphatic heterocycles. The average molecular weight is 136 g/mol. The van der Waals surface area contributed by atoms with Crippen LogP contribution in [0.1, 0.15) is 0 Å². The molecule has 2 nitrogen and oxygen atoms in total. The van der Waals surface area contributed by atoms with E-state index in [2.05, 4.69) is 0 Å². The molecule has 0 bridgehead atoms. The van der Waals surface area contributed by atoms with Crippen molar-refractivity contribution in [2.45, 2.75) is 0 Å². The maximum absolute atomic E-state index is 9.96. The molecule has 0 N–H and O–H groups in total. The zero-order valence-electron chi connectivity index (χ0n) is 4.78. The predicted octanol–water partition coefficient (Wildman–Crippen LogP) is 1.03. The normalized spacial score (nSPS) is 8.00. The molecule has 0 aliphatic carbocycles. The third kappa shape index (κ3) is 1.97. The molecule has 0 spiro atoms. The summed E-state index contributed by atoms with van der Waals surface area (Å²) in [7, 11) is 0. The summed E-state index contributed by atoms with van der Waals surface area (Å²) in [5.41, 5.74) is 0. The molecule has 0 aliphatic rings. The van der Waals surface area contributed by atoms with E-state index in [0.717, 1.165) is 0 Å². The maximum atomic E-state index is 9.96. The number of para-hydroxylation sites is 1. The van der Waals surface area contributed by atoms with Gasteiger partial charge in [0.2, 0.25) is 0 Å². The second kappa shape index (κ2) is 3.39. The van der Waals surface area contributed by atoms with Gasteiger partial charge in [0.25, 0.3) is 0 Å². The van der Waals surface area contributed by atoms with Gasteiger partial charge in [-0.3, -0.25) is 0 Å². The van der Waals surface area contributed by atoms with Gasteiger partial charge in [0, 0.05) is 0 Å². The number of hydrogen-bond acceptors (Lipinski definition) is 2. The fraction of sp³-hybridized carbons (Fsp3) is 0. The van der Waals surface area contributed by atoms with Crippen LogP contribution in [0.15, 0.2) is 30.3 Å². The van der Waals surface area contributed by atoms with Crippen LogP contribution in [0.5, 0.6) is 5.75 Å². The van der Waals surface area contributed by atoms with Gasteiger partial charge in [-0.2, -0.15) is 0 Å². The van der Waals surface area contributed by atoms with E-state index in [1.807, 2.05) is 18.2 Å². The molecule has 0 saturated heterocycles. The first-order valence-corrected chi connectivity index (χ1v) is 3.53. The SMILES string of the molecule is [O]=[Al][O]c1ccccc1. The Morgan fingerprint density at radius 2 is 1.89 bits per heavy atom. The van der Waals surface area contributed by atoms with Crippen molar-refractivity contribution in [2.24, 2.45) is 0 Å². The van der Waals surface area contributed by atoms with E-state index < -0.39 is 15.5 Å². The Labute approximate surface area is 59.7 Å². The van der Waals surface area contributed by atoms with Crippen LogP contribution in [0, 0.1) is 0 Å². The summed E-state index contributed by atoms with van der Waals surface area (Å²) in [6, 6.07) is 9.09. The third-order valence-electron chi connectivity index (χ3n) is 0.927.